The van der Waals surface area contributed by atoms with Gasteiger partial charge in [-0.2, -0.15) is 10.4 Å². The molecule has 0 aliphatic heterocycles. The summed E-state index contributed by atoms with van der Waals surface area (Å²) in [6, 6.07) is 37.9. The Hall–Kier alpha value is -2.22. The first kappa shape index (κ1) is 42.2. The smallest absolute Gasteiger partial charge is 1.00 e. The number of benzene rings is 4. The minimum absolute atomic E-state index is 0. The van der Waals surface area contributed by atoms with Crippen molar-refractivity contribution in [1.29, 1.82) is 0 Å². The molecular weight excluding hydrogens is 743 g/mol. The number of rotatable bonds is 8. The molecule has 4 heteroatoms. The van der Waals surface area contributed by atoms with Gasteiger partial charge in [0.2, 0.25) is 0 Å². The van der Waals surface area contributed by atoms with Gasteiger partial charge in [-0.3, -0.25) is 0 Å². The molecule has 0 aliphatic rings. The zero-order valence-corrected chi connectivity index (χ0v) is 36.8. The molecule has 0 atom stereocenters. The van der Waals surface area contributed by atoms with Crippen molar-refractivity contribution >= 4 is 40.0 Å². The average Bonchev–Trinajstić information content (AvgIpc) is 3.59. The molecule has 0 fully saturated rings. The summed E-state index contributed by atoms with van der Waals surface area (Å²) in [6.07, 6.45) is 4.54. The molecule has 260 valence electrons. The Bertz CT molecular complexity index is 1880. The standard InChI is InChI=1S/C46H54Si.2ClH.Zr/c1-11-15-35-29-33-17-13-19-39(31-21-25-37(26-22-31)45(3,4)5)41(33)43(35)47(9,10)44-36(16-12-2)30-34-18-14-20-40(42(34)44)32-23-27-38(28-24-32)46(6,7)8;;;/h13-14,17-30H,11-12,15-16H2,1-10H3;2*1H;/q-2;;;+4/p-2. The second-order valence-corrected chi connectivity index (χ2v) is 20.7. The van der Waals surface area contributed by atoms with E-state index < -0.39 is 8.07 Å². The van der Waals surface area contributed by atoms with Crippen LogP contribution in [-0.4, -0.2) is 8.07 Å². The second-order valence-electron chi connectivity index (χ2n) is 16.4. The molecule has 6 aromatic rings. The zero-order chi connectivity index (χ0) is 33.7. The summed E-state index contributed by atoms with van der Waals surface area (Å²) >= 11 is 0. The molecule has 0 spiro atoms. The van der Waals surface area contributed by atoms with Gasteiger partial charge < -0.3 is 24.8 Å². The molecule has 0 heterocycles. The monoisotopic (exact) mass is 794 g/mol. The predicted octanol–water partition coefficient (Wildman–Crippen LogP) is 6.09. The summed E-state index contributed by atoms with van der Waals surface area (Å²) in [5.74, 6) is 0. The van der Waals surface area contributed by atoms with Crippen LogP contribution in [0.1, 0.15) is 90.5 Å². The van der Waals surface area contributed by atoms with E-state index in [2.05, 4.69) is 166 Å². The Morgan fingerprint density at radius 3 is 1.16 bits per heavy atom. The molecule has 0 bridgehead atoms. The molecule has 0 amide bonds. The molecule has 50 heavy (non-hydrogen) atoms. The van der Waals surface area contributed by atoms with Gasteiger partial charge in [0.15, 0.2) is 0 Å². The van der Waals surface area contributed by atoms with Crippen LogP contribution in [-0.2, 0) is 49.9 Å². The van der Waals surface area contributed by atoms with E-state index in [1.807, 2.05) is 0 Å². The van der Waals surface area contributed by atoms with E-state index in [9.17, 15) is 0 Å². The van der Waals surface area contributed by atoms with E-state index in [-0.39, 0.29) is 61.8 Å². The third kappa shape index (κ3) is 7.90. The van der Waals surface area contributed by atoms with Crippen LogP contribution in [0.3, 0.4) is 0 Å². The van der Waals surface area contributed by atoms with E-state index in [0.29, 0.717) is 0 Å². The molecule has 6 aromatic carbocycles. The first-order valence-corrected chi connectivity index (χ1v) is 20.9. The first-order valence-electron chi connectivity index (χ1n) is 17.9. The Balaban J connectivity index is 0.00000225. The molecular formula is C46H54Cl2SiZr. The van der Waals surface area contributed by atoms with Crippen molar-refractivity contribution in [3.63, 3.8) is 0 Å². The Kier molecular flexibility index (Phi) is 13.7. The fourth-order valence-corrected chi connectivity index (χ4v) is 12.1. The summed E-state index contributed by atoms with van der Waals surface area (Å²) in [5, 5.41) is 9.06. The fraction of sp³-hybridized carbons (Fsp3) is 0.348. The van der Waals surface area contributed by atoms with Gasteiger partial charge in [-0.15, -0.1) is 69.1 Å². The quantitative estimate of drug-likeness (QED) is 0.129. The molecule has 6 rings (SSSR count). The van der Waals surface area contributed by atoms with E-state index >= 15 is 0 Å². The molecule has 0 nitrogen and oxygen atoms in total. The number of fused-ring (bicyclic) bond motifs is 2. The Morgan fingerprint density at radius 2 is 0.860 bits per heavy atom. The van der Waals surface area contributed by atoms with Gasteiger partial charge in [-0.25, -0.2) is 0 Å². The number of halogens is 2. The van der Waals surface area contributed by atoms with Crippen molar-refractivity contribution in [2.45, 2.75) is 105 Å². The van der Waals surface area contributed by atoms with Gasteiger partial charge in [0, 0.05) is 8.07 Å². The van der Waals surface area contributed by atoms with E-state index in [1.54, 1.807) is 21.5 Å². The van der Waals surface area contributed by atoms with Gasteiger partial charge in [-0.05, 0) is 45.9 Å². The summed E-state index contributed by atoms with van der Waals surface area (Å²) in [4.78, 5) is 0. The largest absolute Gasteiger partial charge is 4.00 e. The van der Waals surface area contributed by atoms with Crippen molar-refractivity contribution in [2.75, 3.05) is 0 Å². The minimum atomic E-state index is -2.25. The maximum atomic E-state index is 2.65. The minimum Gasteiger partial charge on any atom is -1.00 e. The maximum absolute atomic E-state index is 2.65. The van der Waals surface area contributed by atoms with Crippen molar-refractivity contribution < 1.29 is 51.0 Å². The maximum Gasteiger partial charge on any atom is 4.00 e. The summed E-state index contributed by atoms with van der Waals surface area (Å²) in [6.45, 7) is 23.8. The van der Waals surface area contributed by atoms with Gasteiger partial charge in [-0.1, -0.05) is 153 Å². The predicted molar refractivity (Wildman–Crippen MR) is 212 cm³/mol. The van der Waals surface area contributed by atoms with Gasteiger partial charge in [0.05, 0.1) is 0 Å². The van der Waals surface area contributed by atoms with Crippen molar-refractivity contribution in [2.24, 2.45) is 0 Å². The van der Waals surface area contributed by atoms with Crippen LogP contribution in [0.2, 0.25) is 13.1 Å². The van der Waals surface area contributed by atoms with E-state index in [0.717, 1.165) is 25.7 Å². The van der Waals surface area contributed by atoms with Crippen molar-refractivity contribution in [3.05, 3.63) is 119 Å². The molecule has 0 unspecified atom stereocenters. The third-order valence-corrected chi connectivity index (χ3v) is 14.0. The molecule has 0 radical (unpaired) electrons. The van der Waals surface area contributed by atoms with Gasteiger partial charge in [0.1, 0.15) is 0 Å². The topological polar surface area (TPSA) is 0 Å². The van der Waals surface area contributed by atoms with Crippen LogP contribution in [0.25, 0.3) is 43.8 Å². The summed E-state index contributed by atoms with van der Waals surface area (Å²) in [5.41, 5.74) is 11.6. The first-order chi connectivity index (χ1) is 22.3. The SMILES string of the molecule is CCCc1[cH-]c2cccc(-c3ccc(C(C)(C)C)cc3)c2c1[Si](C)(C)c1c(CCC)[cH-]c2cccc(-c3ccc(C(C)(C)C)cc3)c12.[Cl-].[Cl-].[Zr+4]. The number of aryl methyl sites for hydroxylation is 2. The van der Waals surface area contributed by atoms with Gasteiger partial charge >= 0.3 is 26.2 Å². The summed E-state index contributed by atoms with van der Waals surface area (Å²) in [7, 11) is -2.25. The molecule has 0 aliphatic carbocycles. The van der Waals surface area contributed by atoms with Crippen LogP contribution >= 0.6 is 0 Å². The van der Waals surface area contributed by atoms with Crippen LogP contribution < -0.4 is 35.2 Å². The second kappa shape index (κ2) is 16.2. The Morgan fingerprint density at radius 1 is 0.520 bits per heavy atom. The molecule has 0 N–H and O–H groups in total. The number of hydrogen-bond acceptors (Lipinski definition) is 0. The van der Waals surface area contributed by atoms with Crippen molar-refractivity contribution in [3.8, 4) is 22.3 Å². The summed E-state index contributed by atoms with van der Waals surface area (Å²) < 4.78 is 0. The van der Waals surface area contributed by atoms with Gasteiger partial charge in [0.25, 0.3) is 0 Å². The van der Waals surface area contributed by atoms with Crippen LogP contribution in [0.15, 0.2) is 97.1 Å². The zero-order valence-electron chi connectivity index (χ0n) is 31.8. The van der Waals surface area contributed by atoms with Crippen molar-refractivity contribution in [1.82, 2.24) is 0 Å². The van der Waals surface area contributed by atoms with E-state index in [1.165, 1.54) is 54.9 Å². The van der Waals surface area contributed by atoms with Crippen LogP contribution in [0, 0.1) is 0 Å². The van der Waals surface area contributed by atoms with E-state index in [4.69, 9.17) is 0 Å². The van der Waals surface area contributed by atoms with Crippen LogP contribution in [0.4, 0.5) is 0 Å². The average molecular weight is 797 g/mol. The molecule has 0 aromatic heterocycles. The fourth-order valence-electron chi connectivity index (χ4n) is 8.05. The molecule has 0 saturated heterocycles. The Labute approximate surface area is 335 Å². The van der Waals surface area contributed by atoms with Crippen LogP contribution in [0.5, 0.6) is 0 Å². The molecule has 0 saturated carbocycles. The number of hydrogen-bond donors (Lipinski definition) is 0. The third-order valence-electron chi connectivity index (χ3n) is 10.4. The normalized spacial score (nSPS) is 12.0.